The standard InChI is InChI=1S/C16H28N2O2S/c1-11(2)8-14(5)18(7)21(19,20)16-12(3)9-15(17-6)10-13(16)4/h9-11,14,17H,8H2,1-7H3. The molecule has 1 aromatic carbocycles. The fraction of sp³-hybridized carbons (Fsp3) is 0.625. The molecule has 0 aliphatic carbocycles. The zero-order valence-corrected chi connectivity index (χ0v) is 15.0. The van der Waals surface area contributed by atoms with Gasteiger partial charge in [0.25, 0.3) is 0 Å². The predicted molar refractivity (Wildman–Crippen MR) is 89.3 cm³/mol. The molecule has 0 bridgehead atoms. The van der Waals surface area contributed by atoms with Gasteiger partial charge in [0, 0.05) is 25.8 Å². The largest absolute Gasteiger partial charge is 0.388 e. The van der Waals surface area contributed by atoms with E-state index in [4.69, 9.17) is 0 Å². The summed E-state index contributed by atoms with van der Waals surface area (Å²) >= 11 is 0. The molecule has 1 aromatic rings. The molecule has 120 valence electrons. The average molecular weight is 312 g/mol. The molecule has 0 radical (unpaired) electrons. The maximum Gasteiger partial charge on any atom is 0.243 e. The smallest absolute Gasteiger partial charge is 0.243 e. The van der Waals surface area contributed by atoms with Crippen LogP contribution in [0.1, 0.15) is 38.3 Å². The lowest BCUT2D eigenvalue weighted by Gasteiger charge is -2.27. The minimum absolute atomic E-state index is 0.0159. The van der Waals surface area contributed by atoms with Gasteiger partial charge in [-0.25, -0.2) is 8.42 Å². The van der Waals surface area contributed by atoms with Crippen molar-refractivity contribution in [1.29, 1.82) is 0 Å². The Balaban J connectivity index is 3.25. The molecule has 1 atom stereocenters. The van der Waals surface area contributed by atoms with Crippen LogP contribution in [-0.2, 0) is 10.0 Å². The van der Waals surface area contributed by atoms with E-state index in [1.807, 2.05) is 40.0 Å². The van der Waals surface area contributed by atoms with Gasteiger partial charge in [0.15, 0.2) is 0 Å². The van der Waals surface area contributed by atoms with Crippen LogP contribution < -0.4 is 5.32 Å². The molecule has 0 spiro atoms. The number of hydrogen-bond donors (Lipinski definition) is 1. The average Bonchev–Trinajstić information content (AvgIpc) is 2.35. The normalized spacial score (nSPS) is 13.8. The first-order valence-corrected chi connectivity index (χ1v) is 8.82. The van der Waals surface area contributed by atoms with Crippen molar-refractivity contribution in [1.82, 2.24) is 4.31 Å². The second-order valence-corrected chi connectivity index (χ2v) is 8.12. The van der Waals surface area contributed by atoms with E-state index in [1.165, 1.54) is 4.31 Å². The molecule has 0 saturated carbocycles. The Morgan fingerprint density at radius 1 is 1.14 bits per heavy atom. The summed E-state index contributed by atoms with van der Waals surface area (Å²) in [4.78, 5) is 0.430. The minimum atomic E-state index is -3.46. The summed E-state index contributed by atoms with van der Waals surface area (Å²) in [5.41, 5.74) is 2.49. The van der Waals surface area contributed by atoms with Gasteiger partial charge in [-0.15, -0.1) is 0 Å². The third-order valence-electron chi connectivity index (χ3n) is 3.82. The number of sulfonamides is 1. The lowest BCUT2D eigenvalue weighted by atomic mass is 10.1. The number of anilines is 1. The van der Waals surface area contributed by atoms with Crippen molar-refractivity contribution < 1.29 is 8.42 Å². The van der Waals surface area contributed by atoms with Crippen molar-refractivity contribution in [3.63, 3.8) is 0 Å². The van der Waals surface area contributed by atoms with Gasteiger partial charge in [-0.3, -0.25) is 0 Å². The van der Waals surface area contributed by atoms with Crippen LogP contribution in [0.15, 0.2) is 17.0 Å². The van der Waals surface area contributed by atoms with Crippen molar-refractivity contribution in [2.45, 2.75) is 52.0 Å². The summed E-state index contributed by atoms with van der Waals surface area (Å²) in [6.07, 6.45) is 0.850. The molecule has 1 unspecified atom stereocenters. The SMILES string of the molecule is CNc1cc(C)c(S(=O)(=O)N(C)C(C)CC(C)C)c(C)c1. The van der Waals surface area contributed by atoms with Crippen LogP contribution in [-0.4, -0.2) is 32.9 Å². The molecule has 0 aromatic heterocycles. The van der Waals surface area contributed by atoms with Crippen LogP contribution in [0.3, 0.4) is 0 Å². The molecule has 0 fully saturated rings. The third kappa shape index (κ3) is 3.98. The first-order valence-electron chi connectivity index (χ1n) is 7.38. The molecule has 4 nitrogen and oxygen atoms in total. The highest BCUT2D eigenvalue weighted by molar-refractivity contribution is 7.89. The van der Waals surface area contributed by atoms with E-state index in [0.29, 0.717) is 10.8 Å². The summed E-state index contributed by atoms with van der Waals surface area (Å²) in [6, 6.07) is 3.74. The topological polar surface area (TPSA) is 49.4 Å². The van der Waals surface area contributed by atoms with E-state index >= 15 is 0 Å². The molecule has 21 heavy (non-hydrogen) atoms. The van der Waals surface area contributed by atoms with E-state index in [0.717, 1.165) is 23.2 Å². The number of aryl methyl sites for hydroxylation is 2. The Hall–Kier alpha value is -1.07. The van der Waals surface area contributed by atoms with Gasteiger partial charge in [-0.2, -0.15) is 4.31 Å². The highest BCUT2D eigenvalue weighted by Crippen LogP contribution is 2.28. The Bertz CT molecular complexity index is 571. The Morgan fingerprint density at radius 2 is 1.62 bits per heavy atom. The maximum atomic E-state index is 12.9. The van der Waals surface area contributed by atoms with Crippen molar-refractivity contribution in [3.05, 3.63) is 23.3 Å². The van der Waals surface area contributed by atoms with Gasteiger partial charge in [0.2, 0.25) is 10.0 Å². The van der Waals surface area contributed by atoms with E-state index in [-0.39, 0.29) is 6.04 Å². The van der Waals surface area contributed by atoms with Gasteiger partial charge in [0.1, 0.15) is 0 Å². The van der Waals surface area contributed by atoms with E-state index < -0.39 is 10.0 Å². The molecule has 0 aliphatic heterocycles. The molecule has 1 rings (SSSR count). The Kier molecular flexibility index (Phi) is 5.82. The lowest BCUT2D eigenvalue weighted by Crippen LogP contribution is -2.36. The highest BCUT2D eigenvalue weighted by atomic mass is 32.2. The fourth-order valence-electron chi connectivity index (χ4n) is 2.71. The molecule has 0 amide bonds. The first-order chi connectivity index (χ1) is 9.61. The summed E-state index contributed by atoms with van der Waals surface area (Å²) in [5.74, 6) is 0.464. The van der Waals surface area contributed by atoms with Crippen molar-refractivity contribution in [3.8, 4) is 0 Å². The van der Waals surface area contributed by atoms with Gasteiger partial charge in [-0.1, -0.05) is 13.8 Å². The van der Waals surface area contributed by atoms with E-state index in [2.05, 4.69) is 19.2 Å². The van der Waals surface area contributed by atoms with Crippen LogP contribution in [0.2, 0.25) is 0 Å². The number of hydrogen-bond acceptors (Lipinski definition) is 3. The quantitative estimate of drug-likeness (QED) is 0.876. The minimum Gasteiger partial charge on any atom is -0.388 e. The zero-order valence-electron chi connectivity index (χ0n) is 14.2. The van der Waals surface area contributed by atoms with Crippen molar-refractivity contribution >= 4 is 15.7 Å². The number of benzene rings is 1. The highest BCUT2D eigenvalue weighted by Gasteiger charge is 2.28. The van der Waals surface area contributed by atoms with Crippen molar-refractivity contribution in [2.75, 3.05) is 19.4 Å². The van der Waals surface area contributed by atoms with Crippen LogP contribution in [0.25, 0.3) is 0 Å². The second-order valence-electron chi connectivity index (χ2n) is 6.19. The summed E-state index contributed by atoms with van der Waals surface area (Å²) in [7, 11) is 0.0418. The summed E-state index contributed by atoms with van der Waals surface area (Å²) in [6.45, 7) is 9.87. The van der Waals surface area contributed by atoms with Crippen LogP contribution in [0.5, 0.6) is 0 Å². The van der Waals surface area contributed by atoms with Crippen LogP contribution in [0, 0.1) is 19.8 Å². The molecular weight excluding hydrogens is 284 g/mol. The fourth-order valence-corrected chi connectivity index (χ4v) is 4.49. The maximum absolute atomic E-state index is 12.9. The molecule has 0 saturated heterocycles. The zero-order chi connectivity index (χ0) is 16.4. The molecule has 0 aliphatic rings. The summed E-state index contributed by atoms with van der Waals surface area (Å²) < 4.78 is 27.3. The van der Waals surface area contributed by atoms with Crippen LogP contribution >= 0.6 is 0 Å². The molecule has 1 N–H and O–H groups in total. The third-order valence-corrected chi connectivity index (χ3v) is 6.10. The van der Waals surface area contributed by atoms with Gasteiger partial charge in [0.05, 0.1) is 4.90 Å². The van der Waals surface area contributed by atoms with Gasteiger partial charge < -0.3 is 5.32 Å². The molecule has 0 heterocycles. The number of nitrogens with zero attached hydrogens (tertiary/aromatic N) is 1. The molecular formula is C16H28N2O2S. The number of nitrogens with one attached hydrogen (secondary N) is 1. The second kappa shape index (κ2) is 6.79. The monoisotopic (exact) mass is 312 g/mol. The lowest BCUT2D eigenvalue weighted by molar-refractivity contribution is 0.337. The predicted octanol–water partition coefficient (Wildman–Crippen LogP) is 3.40. The van der Waals surface area contributed by atoms with Crippen molar-refractivity contribution in [2.24, 2.45) is 5.92 Å². The number of rotatable bonds is 6. The van der Waals surface area contributed by atoms with Crippen LogP contribution in [0.4, 0.5) is 5.69 Å². The Labute approximate surface area is 129 Å². The Morgan fingerprint density at radius 3 is 2.00 bits per heavy atom. The van der Waals surface area contributed by atoms with Gasteiger partial charge >= 0.3 is 0 Å². The first kappa shape index (κ1) is 18.0. The summed E-state index contributed by atoms with van der Waals surface area (Å²) in [5, 5.41) is 3.06. The van der Waals surface area contributed by atoms with E-state index in [1.54, 1.807) is 7.05 Å². The molecule has 5 heteroatoms. The van der Waals surface area contributed by atoms with E-state index in [9.17, 15) is 8.42 Å². The van der Waals surface area contributed by atoms with Gasteiger partial charge in [-0.05, 0) is 56.4 Å².